The van der Waals surface area contributed by atoms with Crippen LogP contribution in [0.1, 0.15) is 31.2 Å². The van der Waals surface area contributed by atoms with E-state index in [4.69, 9.17) is 11.6 Å². The molecule has 1 saturated carbocycles. The van der Waals surface area contributed by atoms with Crippen LogP contribution in [0.25, 0.3) is 0 Å². The number of piperazine rings is 1. The van der Waals surface area contributed by atoms with E-state index in [-0.39, 0.29) is 11.8 Å². The number of rotatable bonds is 3. The van der Waals surface area contributed by atoms with E-state index in [1.165, 1.54) is 5.56 Å². The van der Waals surface area contributed by atoms with E-state index in [1.54, 1.807) is 0 Å². The second-order valence-corrected chi connectivity index (χ2v) is 7.52. The molecule has 1 saturated heterocycles. The number of aryl methyl sites for hydroxylation is 1. The molecule has 6 heteroatoms. The Labute approximate surface area is 153 Å². The van der Waals surface area contributed by atoms with Crippen molar-refractivity contribution in [2.75, 3.05) is 31.1 Å². The number of anilines is 1. The highest BCUT2D eigenvalue weighted by molar-refractivity contribution is 6.30. The predicted molar refractivity (Wildman–Crippen MR) is 98.1 cm³/mol. The van der Waals surface area contributed by atoms with Gasteiger partial charge in [-0.3, -0.25) is 9.59 Å². The van der Waals surface area contributed by atoms with Crippen molar-refractivity contribution in [1.82, 2.24) is 4.90 Å². The molecule has 0 spiro atoms. The summed E-state index contributed by atoms with van der Waals surface area (Å²) < 4.78 is 0. The minimum Gasteiger partial charge on any atom is -0.481 e. The number of halogens is 1. The minimum atomic E-state index is -0.828. The van der Waals surface area contributed by atoms with Gasteiger partial charge in [0.1, 0.15) is 0 Å². The minimum absolute atomic E-state index is 0.0227. The molecule has 0 aromatic heterocycles. The van der Waals surface area contributed by atoms with Gasteiger partial charge in [0.15, 0.2) is 0 Å². The molecule has 0 radical (unpaired) electrons. The Balaban J connectivity index is 1.64. The molecule has 1 heterocycles. The van der Waals surface area contributed by atoms with Crippen molar-refractivity contribution in [3.05, 3.63) is 28.8 Å². The summed E-state index contributed by atoms with van der Waals surface area (Å²) in [5.41, 5.74) is 2.28. The maximum Gasteiger partial charge on any atom is 0.307 e. The van der Waals surface area contributed by atoms with E-state index in [0.29, 0.717) is 31.0 Å². The molecular weight excluding hydrogens is 340 g/mol. The van der Waals surface area contributed by atoms with Crippen molar-refractivity contribution in [3.8, 4) is 0 Å². The quantitative estimate of drug-likeness (QED) is 0.894. The Morgan fingerprint density at radius 2 is 1.72 bits per heavy atom. The molecule has 2 unspecified atom stereocenters. The lowest BCUT2D eigenvalue weighted by molar-refractivity contribution is -0.152. The van der Waals surface area contributed by atoms with Crippen LogP contribution >= 0.6 is 11.6 Å². The van der Waals surface area contributed by atoms with E-state index >= 15 is 0 Å². The van der Waals surface area contributed by atoms with Crippen LogP contribution in [0.3, 0.4) is 0 Å². The first-order valence-electron chi connectivity index (χ1n) is 9.00. The highest BCUT2D eigenvalue weighted by Gasteiger charge is 2.38. The van der Waals surface area contributed by atoms with Crippen molar-refractivity contribution >= 4 is 29.2 Å². The molecular formula is C19H25ClN2O3. The summed E-state index contributed by atoms with van der Waals surface area (Å²) in [4.78, 5) is 28.4. The smallest absolute Gasteiger partial charge is 0.307 e. The third kappa shape index (κ3) is 3.92. The average molecular weight is 365 g/mol. The molecule has 1 aromatic rings. The first kappa shape index (κ1) is 18.1. The van der Waals surface area contributed by atoms with Crippen LogP contribution in [0.4, 0.5) is 5.69 Å². The lowest BCUT2D eigenvalue weighted by Gasteiger charge is -2.39. The van der Waals surface area contributed by atoms with E-state index < -0.39 is 11.9 Å². The monoisotopic (exact) mass is 364 g/mol. The normalized spacial score (nSPS) is 24.2. The van der Waals surface area contributed by atoms with Gasteiger partial charge in [-0.1, -0.05) is 30.5 Å². The predicted octanol–water partition coefficient (Wildman–Crippen LogP) is 3.19. The van der Waals surface area contributed by atoms with Gasteiger partial charge in [-0.25, -0.2) is 0 Å². The molecule has 136 valence electrons. The molecule has 25 heavy (non-hydrogen) atoms. The molecule has 0 bridgehead atoms. The van der Waals surface area contributed by atoms with Crippen molar-refractivity contribution in [2.45, 2.75) is 32.6 Å². The third-order valence-electron chi connectivity index (χ3n) is 5.50. The highest BCUT2D eigenvalue weighted by atomic mass is 35.5. The standard InChI is InChI=1S/C19H25ClN2O3/c1-13-6-7-14(20)12-17(13)21-8-10-22(11-9-21)18(23)15-4-2-3-5-16(15)19(24)25/h6-7,12,15-16H,2-5,8-11H2,1H3,(H,24,25). The molecule has 2 aliphatic rings. The van der Waals surface area contributed by atoms with E-state index in [0.717, 1.165) is 31.6 Å². The maximum absolute atomic E-state index is 12.9. The van der Waals surface area contributed by atoms with Gasteiger partial charge in [-0.2, -0.15) is 0 Å². The maximum atomic E-state index is 12.9. The number of carboxylic acid groups (broad SMARTS) is 1. The SMILES string of the molecule is Cc1ccc(Cl)cc1N1CCN(C(=O)C2CCCCC2C(=O)O)CC1. The number of hydrogen-bond acceptors (Lipinski definition) is 3. The second-order valence-electron chi connectivity index (χ2n) is 7.08. The van der Waals surface area contributed by atoms with Crippen LogP contribution in [0.15, 0.2) is 18.2 Å². The fourth-order valence-electron chi connectivity index (χ4n) is 4.05. The molecule has 2 fully saturated rings. The molecule has 3 rings (SSSR count). The second kappa shape index (κ2) is 7.65. The molecule has 1 amide bonds. The summed E-state index contributed by atoms with van der Waals surface area (Å²) in [6, 6.07) is 5.86. The summed E-state index contributed by atoms with van der Waals surface area (Å²) in [6.45, 7) is 4.82. The summed E-state index contributed by atoms with van der Waals surface area (Å²) >= 11 is 6.12. The summed E-state index contributed by atoms with van der Waals surface area (Å²) in [6.07, 6.45) is 3.17. The Morgan fingerprint density at radius 3 is 2.36 bits per heavy atom. The zero-order valence-corrected chi connectivity index (χ0v) is 15.3. The fraction of sp³-hybridized carbons (Fsp3) is 0.579. The van der Waals surface area contributed by atoms with Crippen LogP contribution in [0, 0.1) is 18.8 Å². The van der Waals surface area contributed by atoms with Gasteiger partial charge in [0.2, 0.25) is 5.91 Å². The Morgan fingerprint density at radius 1 is 1.08 bits per heavy atom. The molecule has 1 aliphatic carbocycles. The largest absolute Gasteiger partial charge is 0.481 e. The van der Waals surface area contributed by atoms with Crippen molar-refractivity contribution < 1.29 is 14.7 Å². The van der Waals surface area contributed by atoms with Crippen molar-refractivity contribution in [1.29, 1.82) is 0 Å². The van der Waals surface area contributed by atoms with Gasteiger partial charge in [-0.05, 0) is 37.5 Å². The Hall–Kier alpha value is -1.75. The number of carbonyl (C=O) groups excluding carboxylic acids is 1. The van der Waals surface area contributed by atoms with Gasteiger partial charge >= 0.3 is 5.97 Å². The lowest BCUT2D eigenvalue weighted by Crippen LogP contribution is -2.52. The van der Waals surface area contributed by atoms with Crippen LogP contribution in [-0.4, -0.2) is 48.1 Å². The van der Waals surface area contributed by atoms with Crippen LogP contribution in [-0.2, 0) is 9.59 Å². The van der Waals surface area contributed by atoms with Gasteiger partial charge in [-0.15, -0.1) is 0 Å². The van der Waals surface area contributed by atoms with E-state index in [2.05, 4.69) is 11.8 Å². The van der Waals surface area contributed by atoms with E-state index in [9.17, 15) is 14.7 Å². The molecule has 1 aromatic carbocycles. The first-order valence-corrected chi connectivity index (χ1v) is 9.38. The number of benzene rings is 1. The molecule has 2 atom stereocenters. The van der Waals surface area contributed by atoms with Crippen molar-refractivity contribution in [3.63, 3.8) is 0 Å². The van der Waals surface area contributed by atoms with Crippen LogP contribution in [0.2, 0.25) is 5.02 Å². The summed E-state index contributed by atoms with van der Waals surface area (Å²) in [7, 11) is 0. The number of amides is 1. The van der Waals surface area contributed by atoms with E-state index in [1.807, 2.05) is 23.1 Å². The van der Waals surface area contributed by atoms with Crippen LogP contribution in [0.5, 0.6) is 0 Å². The Bertz CT molecular complexity index is 656. The van der Waals surface area contributed by atoms with Gasteiger partial charge in [0.25, 0.3) is 0 Å². The summed E-state index contributed by atoms with van der Waals surface area (Å²) in [5.74, 6) is -1.68. The number of hydrogen-bond donors (Lipinski definition) is 1. The van der Waals surface area contributed by atoms with Crippen LogP contribution < -0.4 is 4.90 Å². The summed E-state index contributed by atoms with van der Waals surface area (Å²) in [5, 5.41) is 10.1. The fourth-order valence-corrected chi connectivity index (χ4v) is 4.21. The van der Waals surface area contributed by atoms with Crippen molar-refractivity contribution in [2.24, 2.45) is 11.8 Å². The zero-order valence-electron chi connectivity index (χ0n) is 14.6. The Kier molecular flexibility index (Phi) is 5.52. The highest BCUT2D eigenvalue weighted by Crippen LogP contribution is 2.32. The third-order valence-corrected chi connectivity index (χ3v) is 5.74. The zero-order chi connectivity index (χ0) is 18.0. The van der Waals surface area contributed by atoms with Gasteiger partial charge in [0.05, 0.1) is 11.8 Å². The number of aliphatic carboxylic acids is 1. The molecule has 1 aliphatic heterocycles. The molecule has 5 nitrogen and oxygen atoms in total. The van der Waals surface area contributed by atoms with Gasteiger partial charge < -0.3 is 14.9 Å². The van der Waals surface area contributed by atoms with Gasteiger partial charge in [0, 0.05) is 36.9 Å². The first-order chi connectivity index (χ1) is 12.0. The number of carboxylic acids is 1. The molecule has 1 N–H and O–H groups in total. The average Bonchev–Trinajstić information content (AvgIpc) is 2.63. The topological polar surface area (TPSA) is 60.9 Å². The lowest BCUT2D eigenvalue weighted by atomic mass is 9.78. The number of carbonyl (C=O) groups is 2. The number of nitrogens with zero attached hydrogens (tertiary/aromatic N) is 2.